The zero-order chi connectivity index (χ0) is 14.1. The monoisotopic (exact) mass is 292 g/mol. The molecule has 1 unspecified atom stereocenters. The smallest absolute Gasteiger partial charge is 0.113 e. The van der Waals surface area contributed by atoms with Crippen molar-refractivity contribution in [3.05, 3.63) is 29.0 Å². The third-order valence-electron chi connectivity index (χ3n) is 4.16. The van der Waals surface area contributed by atoms with Crippen LogP contribution < -0.4 is 0 Å². The van der Waals surface area contributed by atoms with Gasteiger partial charge in [0.05, 0.1) is 23.7 Å². The van der Waals surface area contributed by atoms with Crippen molar-refractivity contribution in [2.45, 2.75) is 57.6 Å². The van der Waals surface area contributed by atoms with E-state index < -0.39 is 0 Å². The summed E-state index contributed by atoms with van der Waals surface area (Å²) in [6.07, 6.45) is 5.93. The molecule has 0 radical (unpaired) electrons. The number of hydrogen-bond acceptors (Lipinski definition) is 2. The second-order valence-corrected chi connectivity index (χ2v) is 6.33. The number of aromatic nitrogens is 2. The van der Waals surface area contributed by atoms with E-state index in [0.717, 1.165) is 21.9 Å². The second kappa shape index (κ2) is 5.74. The summed E-state index contributed by atoms with van der Waals surface area (Å²) in [6, 6.07) is 5.83. The van der Waals surface area contributed by atoms with Gasteiger partial charge in [0, 0.05) is 10.9 Å². The van der Waals surface area contributed by atoms with Crippen molar-refractivity contribution in [3.8, 4) is 0 Å². The highest BCUT2D eigenvalue weighted by atomic mass is 35.5. The lowest BCUT2D eigenvalue weighted by Gasteiger charge is -2.22. The van der Waals surface area contributed by atoms with Gasteiger partial charge in [0.2, 0.25) is 0 Å². The number of imidazole rings is 1. The van der Waals surface area contributed by atoms with Crippen LogP contribution in [0.15, 0.2) is 18.2 Å². The van der Waals surface area contributed by atoms with Gasteiger partial charge < -0.3 is 9.67 Å². The van der Waals surface area contributed by atoms with E-state index in [-0.39, 0.29) is 6.10 Å². The van der Waals surface area contributed by atoms with Gasteiger partial charge in [-0.2, -0.15) is 0 Å². The van der Waals surface area contributed by atoms with Crippen molar-refractivity contribution in [1.82, 2.24) is 9.55 Å². The maximum absolute atomic E-state index is 9.79. The predicted molar refractivity (Wildman–Crippen MR) is 82.2 cm³/mol. The zero-order valence-corrected chi connectivity index (χ0v) is 12.6. The van der Waals surface area contributed by atoms with E-state index in [2.05, 4.69) is 4.57 Å². The fourth-order valence-corrected chi connectivity index (χ4v) is 3.42. The first kappa shape index (κ1) is 13.9. The Hall–Kier alpha value is -1.06. The maximum atomic E-state index is 9.79. The van der Waals surface area contributed by atoms with E-state index in [9.17, 15) is 5.11 Å². The van der Waals surface area contributed by atoms with Crippen LogP contribution >= 0.6 is 11.6 Å². The summed E-state index contributed by atoms with van der Waals surface area (Å²) in [5.41, 5.74) is 2.02. The van der Waals surface area contributed by atoms with Gasteiger partial charge in [-0.05, 0) is 38.0 Å². The Morgan fingerprint density at radius 1 is 1.35 bits per heavy atom. The van der Waals surface area contributed by atoms with Gasteiger partial charge in [-0.25, -0.2) is 4.98 Å². The lowest BCUT2D eigenvalue weighted by molar-refractivity contribution is 0.172. The first-order chi connectivity index (χ1) is 9.65. The zero-order valence-electron chi connectivity index (χ0n) is 11.8. The molecular weight excluding hydrogens is 272 g/mol. The van der Waals surface area contributed by atoms with Crippen LogP contribution in [0.1, 0.15) is 50.8 Å². The van der Waals surface area contributed by atoms with E-state index >= 15 is 0 Å². The molecule has 3 nitrogen and oxygen atoms in total. The molecule has 0 spiro atoms. The minimum atomic E-state index is -0.370. The molecule has 1 saturated carbocycles. The fourth-order valence-electron chi connectivity index (χ4n) is 3.25. The highest BCUT2D eigenvalue weighted by Crippen LogP contribution is 2.34. The summed E-state index contributed by atoms with van der Waals surface area (Å²) < 4.78 is 2.19. The topological polar surface area (TPSA) is 38.0 Å². The summed E-state index contributed by atoms with van der Waals surface area (Å²) in [5.74, 6) is 1.65. The summed E-state index contributed by atoms with van der Waals surface area (Å²) in [7, 11) is 0. The number of rotatable bonds is 3. The Labute approximate surface area is 124 Å². The number of halogens is 1. The van der Waals surface area contributed by atoms with Crippen molar-refractivity contribution in [1.29, 1.82) is 0 Å². The summed E-state index contributed by atoms with van der Waals surface area (Å²) in [6.45, 7) is 2.43. The lowest BCUT2D eigenvalue weighted by atomic mass is 9.88. The molecule has 1 fully saturated rings. The van der Waals surface area contributed by atoms with Crippen LogP contribution in [0.4, 0.5) is 0 Å². The minimum absolute atomic E-state index is 0.370. The Bertz CT molecular complexity index is 600. The van der Waals surface area contributed by atoms with E-state index in [0.29, 0.717) is 12.5 Å². The third kappa shape index (κ3) is 2.70. The number of benzene rings is 1. The van der Waals surface area contributed by atoms with E-state index in [1.54, 1.807) is 0 Å². The molecule has 3 rings (SSSR count). The Balaban J connectivity index is 2.08. The van der Waals surface area contributed by atoms with Gasteiger partial charge in [0.1, 0.15) is 5.82 Å². The molecule has 20 heavy (non-hydrogen) atoms. The molecule has 1 aromatic carbocycles. The molecule has 108 valence electrons. The lowest BCUT2D eigenvalue weighted by Crippen LogP contribution is -2.17. The number of nitrogens with zero attached hydrogens (tertiary/aromatic N) is 2. The normalized spacial score (nSPS) is 18.6. The van der Waals surface area contributed by atoms with Crippen molar-refractivity contribution in [3.63, 3.8) is 0 Å². The molecule has 4 heteroatoms. The molecule has 1 aromatic heterocycles. The van der Waals surface area contributed by atoms with Crippen molar-refractivity contribution in [2.24, 2.45) is 0 Å². The molecular formula is C16H21ClN2O. The minimum Gasteiger partial charge on any atom is -0.392 e. The molecule has 0 saturated heterocycles. The Kier molecular flexibility index (Phi) is 3.99. The second-order valence-electron chi connectivity index (χ2n) is 5.90. The molecule has 1 atom stereocenters. The van der Waals surface area contributed by atoms with Crippen LogP contribution in [0, 0.1) is 0 Å². The van der Waals surface area contributed by atoms with Crippen LogP contribution in [0.25, 0.3) is 11.0 Å². The molecule has 0 bridgehead atoms. The molecule has 1 heterocycles. The summed E-state index contributed by atoms with van der Waals surface area (Å²) >= 11 is 6.07. The highest BCUT2D eigenvalue weighted by Gasteiger charge is 2.23. The van der Waals surface area contributed by atoms with Gasteiger partial charge in [0.25, 0.3) is 0 Å². The van der Waals surface area contributed by atoms with Gasteiger partial charge in [-0.1, -0.05) is 30.9 Å². The van der Waals surface area contributed by atoms with Gasteiger partial charge in [0.15, 0.2) is 0 Å². The van der Waals surface area contributed by atoms with Crippen molar-refractivity contribution in [2.75, 3.05) is 0 Å². The number of aliphatic hydroxyl groups is 1. The van der Waals surface area contributed by atoms with Crippen LogP contribution in [0.3, 0.4) is 0 Å². The number of aliphatic hydroxyl groups excluding tert-OH is 1. The van der Waals surface area contributed by atoms with E-state index in [4.69, 9.17) is 16.6 Å². The van der Waals surface area contributed by atoms with Crippen molar-refractivity contribution < 1.29 is 5.11 Å². The first-order valence-electron chi connectivity index (χ1n) is 7.49. The van der Waals surface area contributed by atoms with Crippen LogP contribution in [0.2, 0.25) is 5.02 Å². The quantitative estimate of drug-likeness (QED) is 0.924. The van der Waals surface area contributed by atoms with Gasteiger partial charge >= 0.3 is 0 Å². The highest BCUT2D eigenvalue weighted by molar-refractivity contribution is 6.31. The standard InChI is InChI=1S/C16H21ClN2O/c1-11(20)10-19-15-8-7-13(17)9-14(15)18-16(19)12-5-3-2-4-6-12/h7-9,11-12,20H,2-6,10H2,1H3. The van der Waals surface area contributed by atoms with Crippen molar-refractivity contribution >= 4 is 22.6 Å². The molecule has 0 aliphatic heterocycles. The maximum Gasteiger partial charge on any atom is 0.113 e. The molecule has 1 aliphatic rings. The molecule has 2 aromatic rings. The molecule has 0 amide bonds. The SMILES string of the molecule is CC(O)Cn1c(C2CCCCC2)nc2cc(Cl)ccc21. The van der Waals surface area contributed by atoms with Crippen LogP contribution in [-0.2, 0) is 6.54 Å². The van der Waals surface area contributed by atoms with E-state index in [1.807, 2.05) is 25.1 Å². The van der Waals surface area contributed by atoms with Gasteiger partial charge in [-0.3, -0.25) is 0 Å². The molecule has 1 N–H and O–H groups in total. The predicted octanol–water partition coefficient (Wildman–Crippen LogP) is 4.12. The van der Waals surface area contributed by atoms with E-state index in [1.165, 1.54) is 32.1 Å². The number of fused-ring (bicyclic) bond motifs is 1. The third-order valence-corrected chi connectivity index (χ3v) is 4.39. The fraction of sp³-hybridized carbons (Fsp3) is 0.562. The van der Waals surface area contributed by atoms with Crippen LogP contribution in [-0.4, -0.2) is 20.8 Å². The average molecular weight is 293 g/mol. The average Bonchev–Trinajstić information content (AvgIpc) is 2.77. The number of hydrogen-bond donors (Lipinski definition) is 1. The summed E-state index contributed by atoms with van der Waals surface area (Å²) in [4.78, 5) is 4.82. The Morgan fingerprint density at radius 2 is 2.10 bits per heavy atom. The molecule has 1 aliphatic carbocycles. The summed E-state index contributed by atoms with van der Waals surface area (Å²) in [5, 5.41) is 10.5. The Morgan fingerprint density at radius 3 is 2.80 bits per heavy atom. The van der Waals surface area contributed by atoms with Gasteiger partial charge in [-0.15, -0.1) is 0 Å². The largest absolute Gasteiger partial charge is 0.392 e. The van der Waals surface area contributed by atoms with Crippen LogP contribution in [0.5, 0.6) is 0 Å². The first-order valence-corrected chi connectivity index (χ1v) is 7.86.